The zero-order chi connectivity index (χ0) is 21.8. The molecule has 1 amide bonds. The largest absolute Gasteiger partial charge is 0.508 e. The summed E-state index contributed by atoms with van der Waals surface area (Å²) in [5.41, 5.74) is 2.34. The highest BCUT2D eigenvalue weighted by molar-refractivity contribution is 5.73. The summed E-state index contributed by atoms with van der Waals surface area (Å²) in [6.07, 6.45) is 3.36. The minimum atomic E-state index is 0.0233. The normalized spacial score (nSPS) is 36.9. The number of nitrogens with zero attached hydrogens (tertiary/aromatic N) is 1. The fraction of sp³-hybridized carbons (Fsp3) is 0.720. The Balaban J connectivity index is 1.43. The van der Waals surface area contributed by atoms with Crippen molar-refractivity contribution in [2.75, 3.05) is 32.9 Å². The van der Waals surface area contributed by atoms with Crippen molar-refractivity contribution in [3.8, 4) is 5.75 Å². The second kappa shape index (κ2) is 7.75. The Morgan fingerprint density at radius 2 is 2.03 bits per heavy atom. The first-order valence-electron chi connectivity index (χ1n) is 11.8. The highest BCUT2D eigenvalue weighted by atomic mass is 16.5. The summed E-state index contributed by atoms with van der Waals surface area (Å²) < 4.78 is 11.9. The predicted molar refractivity (Wildman–Crippen MR) is 118 cm³/mol. The van der Waals surface area contributed by atoms with Gasteiger partial charge < -0.3 is 19.9 Å². The van der Waals surface area contributed by atoms with Gasteiger partial charge in [0.05, 0.1) is 19.3 Å². The number of carbonyl (C=O) groups is 1. The van der Waals surface area contributed by atoms with Crippen LogP contribution in [-0.4, -0.2) is 54.9 Å². The summed E-state index contributed by atoms with van der Waals surface area (Å²) in [5, 5.41) is 13.9. The fourth-order valence-corrected chi connectivity index (χ4v) is 7.23. The van der Waals surface area contributed by atoms with E-state index in [9.17, 15) is 9.90 Å². The molecule has 5 atom stereocenters. The van der Waals surface area contributed by atoms with Crippen molar-refractivity contribution in [2.45, 2.75) is 58.7 Å². The molecule has 2 bridgehead atoms. The molecule has 5 rings (SSSR count). The van der Waals surface area contributed by atoms with E-state index in [4.69, 9.17) is 9.47 Å². The summed E-state index contributed by atoms with van der Waals surface area (Å²) in [4.78, 5) is 14.4. The molecule has 6 nitrogen and oxygen atoms in total. The average molecular weight is 429 g/mol. The van der Waals surface area contributed by atoms with Crippen LogP contribution in [0.1, 0.15) is 57.3 Å². The van der Waals surface area contributed by atoms with Crippen LogP contribution in [0.4, 0.5) is 0 Å². The van der Waals surface area contributed by atoms with Gasteiger partial charge in [-0.2, -0.15) is 0 Å². The Morgan fingerprint density at radius 3 is 2.77 bits per heavy atom. The van der Waals surface area contributed by atoms with Gasteiger partial charge in [-0.1, -0.05) is 19.9 Å². The van der Waals surface area contributed by atoms with Crippen LogP contribution in [0.15, 0.2) is 18.2 Å². The van der Waals surface area contributed by atoms with E-state index in [2.05, 4.69) is 30.1 Å². The van der Waals surface area contributed by atoms with Crippen molar-refractivity contribution in [3.63, 3.8) is 0 Å². The van der Waals surface area contributed by atoms with Gasteiger partial charge in [0.2, 0.25) is 5.91 Å². The maximum Gasteiger partial charge on any atom is 0.217 e. The van der Waals surface area contributed by atoms with E-state index in [-0.39, 0.29) is 28.9 Å². The monoisotopic (exact) mass is 428 g/mol. The first-order valence-corrected chi connectivity index (χ1v) is 11.8. The third kappa shape index (κ3) is 3.47. The van der Waals surface area contributed by atoms with E-state index in [1.54, 1.807) is 6.92 Å². The molecule has 1 spiro atoms. The molecule has 2 aliphatic heterocycles. The molecule has 4 fully saturated rings. The van der Waals surface area contributed by atoms with E-state index in [0.717, 1.165) is 63.4 Å². The van der Waals surface area contributed by atoms with E-state index >= 15 is 0 Å². The van der Waals surface area contributed by atoms with Crippen molar-refractivity contribution >= 4 is 5.91 Å². The fourth-order valence-electron chi connectivity index (χ4n) is 7.23. The Morgan fingerprint density at radius 1 is 1.26 bits per heavy atom. The number of phenolic OH excluding ortho intramolecular Hbond substituents is 1. The predicted octanol–water partition coefficient (Wildman–Crippen LogP) is 3.24. The van der Waals surface area contributed by atoms with E-state index in [1.165, 1.54) is 6.42 Å². The lowest BCUT2D eigenvalue weighted by atomic mass is 9.59. The molecule has 0 aromatic heterocycles. The first-order chi connectivity index (χ1) is 14.8. The van der Waals surface area contributed by atoms with Gasteiger partial charge in [-0.25, -0.2) is 0 Å². The number of amides is 1. The van der Waals surface area contributed by atoms with Crippen molar-refractivity contribution < 1.29 is 19.4 Å². The summed E-state index contributed by atoms with van der Waals surface area (Å²) in [6, 6.07) is 6.21. The van der Waals surface area contributed by atoms with Crippen LogP contribution < -0.4 is 5.32 Å². The van der Waals surface area contributed by atoms with Crippen molar-refractivity contribution in [3.05, 3.63) is 29.3 Å². The van der Waals surface area contributed by atoms with Gasteiger partial charge in [0, 0.05) is 44.8 Å². The number of aromatic hydroxyl groups is 1. The number of benzene rings is 1. The van der Waals surface area contributed by atoms with Crippen LogP contribution in [0, 0.1) is 22.7 Å². The molecular weight excluding hydrogens is 392 g/mol. The molecule has 1 aromatic carbocycles. The number of hydrogen-bond donors (Lipinski definition) is 2. The van der Waals surface area contributed by atoms with Gasteiger partial charge in [0.25, 0.3) is 0 Å². The zero-order valence-electron chi connectivity index (χ0n) is 19.0. The third-order valence-corrected chi connectivity index (χ3v) is 8.78. The second-order valence-corrected chi connectivity index (χ2v) is 10.7. The van der Waals surface area contributed by atoms with Gasteiger partial charge in [-0.05, 0) is 59.6 Å². The highest BCUT2D eigenvalue weighted by Crippen LogP contribution is 2.70. The molecule has 2 heterocycles. The van der Waals surface area contributed by atoms with Crippen LogP contribution in [-0.2, 0) is 20.8 Å². The van der Waals surface area contributed by atoms with Gasteiger partial charge >= 0.3 is 0 Å². The highest BCUT2D eigenvalue weighted by Gasteiger charge is 2.68. The SMILES string of the molecule is CC(=O)N[C@@H]1C(C)(C)[C@@H]2C[C@@H]3[C@@H](c4ccc(O)c(CN5CCOCC5)c4)OCC[C@@]31C2. The summed E-state index contributed by atoms with van der Waals surface area (Å²) >= 11 is 0. The number of rotatable bonds is 4. The zero-order valence-corrected chi connectivity index (χ0v) is 19.0. The van der Waals surface area contributed by atoms with E-state index in [0.29, 0.717) is 17.6 Å². The molecule has 2 saturated heterocycles. The Bertz CT molecular complexity index is 850. The van der Waals surface area contributed by atoms with Crippen molar-refractivity contribution in [1.29, 1.82) is 0 Å². The van der Waals surface area contributed by atoms with E-state index in [1.807, 2.05) is 12.1 Å². The third-order valence-electron chi connectivity index (χ3n) is 8.78. The molecule has 2 aliphatic carbocycles. The second-order valence-electron chi connectivity index (χ2n) is 10.7. The molecular formula is C25H36N2O4. The summed E-state index contributed by atoms with van der Waals surface area (Å²) in [5.74, 6) is 1.42. The van der Waals surface area contributed by atoms with E-state index < -0.39 is 0 Å². The molecule has 1 aromatic rings. The van der Waals surface area contributed by atoms with Crippen LogP contribution in [0.25, 0.3) is 0 Å². The van der Waals surface area contributed by atoms with Crippen LogP contribution in [0.3, 0.4) is 0 Å². The summed E-state index contributed by atoms with van der Waals surface area (Å²) in [6.45, 7) is 11.0. The molecule has 6 heteroatoms. The maximum atomic E-state index is 12.1. The number of ether oxygens (including phenoxy) is 2. The van der Waals surface area contributed by atoms with Gasteiger partial charge in [0.15, 0.2) is 0 Å². The Hall–Kier alpha value is -1.63. The Labute approximate surface area is 185 Å². The molecule has 2 saturated carbocycles. The number of fused-ring (bicyclic) bond motifs is 1. The minimum Gasteiger partial charge on any atom is -0.508 e. The molecule has 2 N–H and O–H groups in total. The first kappa shape index (κ1) is 21.2. The van der Waals surface area contributed by atoms with Crippen LogP contribution in [0.5, 0.6) is 5.75 Å². The lowest BCUT2D eigenvalue weighted by molar-refractivity contribution is -0.136. The smallest absolute Gasteiger partial charge is 0.217 e. The van der Waals surface area contributed by atoms with Gasteiger partial charge in [-0.3, -0.25) is 9.69 Å². The topological polar surface area (TPSA) is 71.0 Å². The van der Waals surface area contributed by atoms with Gasteiger partial charge in [0.1, 0.15) is 5.75 Å². The Kier molecular flexibility index (Phi) is 5.31. The lowest BCUT2D eigenvalue weighted by Crippen LogP contribution is -2.58. The maximum absolute atomic E-state index is 12.1. The number of morpholine rings is 1. The number of hydrogen-bond acceptors (Lipinski definition) is 5. The standard InChI is InChI=1S/C25H36N2O4/c1-16(28)26-23-24(2,3)19-13-20-22(31-9-6-25(20,23)14-19)17-4-5-21(29)18(12-17)15-27-7-10-30-11-8-27/h4-5,12,19-20,22-23,29H,6-11,13-15H2,1-3H3,(H,26,28)/t19-,20-,22-,23-,25-/m1/s1. The van der Waals surface area contributed by atoms with Crippen LogP contribution in [0.2, 0.25) is 0 Å². The van der Waals surface area contributed by atoms with Crippen molar-refractivity contribution in [1.82, 2.24) is 10.2 Å². The lowest BCUT2D eigenvalue weighted by Gasteiger charge is -2.53. The van der Waals surface area contributed by atoms with Gasteiger partial charge in [-0.15, -0.1) is 0 Å². The van der Waals surface area contributed by atoms with Crippen molar-refractivity contribution in [2.24, 2.45) is 22.7 Å². The summed E-state index contributed by atoms with van der Waals surface area (Å²) in [7, 11) is 0. The molecule has 0 unspecified atom stereocenters. The molecule has 31 heavy (non-hydrogen) atoms. The number of carbonyl (C=O) groups excluding carboxylic acids is 1. The van der Waals surface area contributed by atoms with Crippen LogP contribution >= 0.6 is 0 Å². The molecule has 0 radical (unpaired) electrons. The number of nitrogens with one attached hydrogen (secondary N) is 1. The minimum absolute atomic E-state index is 0.0233. The molecule has 170 valence electrons. The quantitative estimate of drug-likeness (QED) is 0.770. The molecule has 4 aliphatic rings. The number of phenols is 1. The average Bonchev–Trinajstić information content (AvgIpc) is 3.23.